The van der Waals surface area contributed by atoms with Gasteiger partial charge in [-0.2, -0.15) is 0 Å². The highest BCUT2D eigenvalue weighted by Crippen LogP contribution is 2.29. The smallest absolute Gasteiger partial charge is 0.251 e. The summed E-state index contributed by atoms with van der Waals surface area (Å²) in [4.78, 5) is 21.3. The van der Waals surface area contributed by atoms with Crippen LogP contribution in [0.3, 0.4) is 0 Å². The molecule has 174 valence electrons. The summed E-state index contributed by atoms with van der Waals surface area (Å²) in [6.07, 6.45) is 5.66. The van der Waals surface area contributed by atoms with Crippen LogP contribution in [0.25, 0.3) is 11.5 Å². The Kier molecular flexibility index (Phi) is 7.55. The third-order valence-corrected chi connectivity index (χ3v) is 5.14. The predicted molar refractivity (Wildman–Crippen MR) is 129 cm³/mol. The number of carbonyl (C=O) groups is 1. The number of nitrogens with zero attached hydrogens (tertiary/aromatic N) is 2. The van der Waals surface area contributed by atoms with E-state index in [1.807, 2.05) is 50.2 Å². The summed E-state index contributed by atoms with van der Waals surface area (Å²) in [6.45, 7) is 5.18. The van der Waals surface area contributed by atoms with Gasteiger partial charge in [-0.25, -0.2) is 4.98 Å². The minimum Gasteiger partial charge on any atom is -0.490 e. The van der Waals surface area contributed by atoms with E-state index >= 15 is 0 Å². The number of hydrogen-bond donors (Lipinski definition) is 1. The number of amides is 1. The number of benzene rings is 2. The van der Waals surface area contributed by atoms with Gasteiger partial charge in [-0.15, -0.1) is 0 Å². The van der Waals surface area contributed by atoms with E-state index in [1.54, 1.807) is 36.9 Å². The molecule has 0 aliphatic carbocycles. The van der Waals surface area contributed by atoms with Crippen LogP contribution in [0.15, 0.2) is 77.7 Å². The molecule has 0 aliphatic rings. The largest absolute Gasteiger partial charge is 0.490 e. The third kappa shape index (κ3) is 6.01. The summed E-state index contributed by atoms with van der Waals surface area (Å²) in [7, 11) is 0. The highest BCUT2D eigenvalue weighted by Gasteiger charge is 2.13. The van der Waals surface area contributed by atoms with E-state index in [-0.39, 0.29) is 5.91 Å². The number of rotatable bonds is 10. The van der Waals surface area contributed by atoms with E-state index in [1.165, 1.54) is 5.56 Å². The summed E-state index contributed by atoms with van der Waals surface area (Å²) in [6, 6.07) is 17.0. The van der Waals surface area contributed by atoms with Crippen molar-refractivity contribution < 1.29 is 18.7 Å². The second kappa shape index (κ2) is 11.1. The lowest BCUT2D eigenvalue weighted by Gasteiger charge is -2.13. The second-order valence-electron chi connectivity index (χ2n) is 7.76. The Balaban J connectivity index is 1.33. The quantitative estimate of drug-likeness (QED) is 0.361. The van der Waals surface area contributed by atoms with Crippen LogP contribution >= 0.6 is 0 Å². The first-order valence-electron chi connectivity index (χ1n) is 11.2. The fourth-order valence-electron chi connectivity index (χ4n) is 3.34. The van der Waals surface area contributed by atoms with Gasteiger partial charge >= 0.3 is 0 Å². The molecule has 4 rings (SSSR count). The molecule has 0 unspecified atom stereocenters. The van der Waals surface area contributed by atoms with Crippen LogP contribution in [-0.4, -0.2) is 29.0 Å². The molecule has 7 heteroatoms. The van der Waals surface area contributed by atoms with Crippen LogP contribution in [0.4, 0.5) is 0 Å². The van der Waals surface area contributed by atoms with Crippen LogP contribution in [0.5, 0.6) is 11.5 Å². The maximum atomic E-state index is 12.7. The number of hydrogen-bond acceptors (Lipinski definition) is 6. The number of ether oxygens (including phenoxy) is 2. The van der Waals surface area contributed by atoms with Gasteiger partial charge in [0.2, 0.25) is 5.89 Å². The normalized spacial score (nSPS) is 10.6. The second-order valence-corrected chi connectivity index (χ2v) is 7.76. The third-order valence-electron chi connectivity index (χ3n) is 5.14. The van der Waals surface area contributed by atoms with E-state index in [9.17, 15) is 4.79 Å². The lowest BCUT2D eigenvalue weighted by Crippen LogP contribution is -2.25. The van der Waals surface area contributed by atoms with Crippen molar-refractivity contribution >= 4 is 5.91 Å². The van der Waals surface area contributed by atoms with Crippen molar-refractivity contribution in [2.45, 2.75) is 26.9 Å². The summed E-state index contributed by atoms with van der Waals surface area (Å²) >= 11 is 0. The van der Waals surface area contributed by atoms with Crippen LogP contribution in [0, 0.1) is 6.92 Å². The zero-order valence-corrected chi connectivity index (χ0v) is 19.3. The number of nitrogens with one attached hydrogen (secondary N) is 1. The molecular formula is C27H27N3O4. The molecule has 4 aromatic rings. The van der Waals surface area contributed by atoms with E-state index < -0.39 is 0 Å². The fraction of sp³-hybridized carbons (Fsp3) is 0.222. The Labute approximate surface area is 198 Å². The number of aryl methyl sites for hydroxylation is 1. The van der Waals surface area contributed by atoms with Crippen molar-refractivity contribution in [3.05, 3.63) is 95.6 Å². The van der Waals surface area contributed by atoms with E-state index in [4.69, 9.17) is 13.9 Å². The highest BCUT2D eigenvalue weighted by atomic mass is 16.5. The van der Waals surface area contributed by atoms with Gasteiger partial charge < -0.3 is 19.2 Å². The van der Waals surface area contributed by atoms with Crippen molar-refractivity contribution in [1.29, 1.82) is 0 Å². The average Bonchev–Trinajstić information content (AvgIpc) is 3.33. The molecule has 0 saturated heterocycles. The molecule has 7 nitrogen and oxygen atoms in total. The zero-order valence-electron chi connectivity index (χ0n) is 19.3. The Morgan fingerprint density at radius 2 is 1.91 bits per heavy atom. The maximum Gasteiger partial charge on any atom is 0.251 e. The molecule has 0 saturated carbocycles. The van der Waals surface area contributed by atoms with Crippen molar-refractivity contribution in [1.82, 2.24) is 15.3 Å². The van der Waals surface area contributed by atoms with Gasteiger partial charge in [0.05, 0.1) is 12.3 Å². The molecule has 0 aliphatic heterocycles. The van der Waals surface area contributed by atoms with Crippen molar-refractivity contribution in [2.75, 3.05) is 13.2 Å². The number of aromatic nitrogens is 2. The lowest BCUT2D eigenvalue weighted by atomic mass is 10.1. The molecule has 1 amide bonds. The van der Waals surface area contributed by atoms with Crippen LogP contribution in [-0.2, 0) is 13.0 Å². The van der Waals surface area contributed by atoms with Crippen molar-refractivity contribution in [3.63, 3.8) is 0 Å². The molecular weight excluding hydrogens is 430 g/mol. The lowest BCUT2D eigenvalue weighted by molar-refractivity contribution is 0.0953. The van der Waals surface area contributed by atoms with Gasteiger partial charge in [0.1, 0.15) is 12.9 Å². The zero-order chi connectivity index (χ0) is 23.8. The summed E-state index contributed by atoms with van der Waals surface area (Å²) in [5.74, 6) is 1.48. The number of oxazole rings is 1. The summed E-state index contributed by atoms with van der Waals surface area (Å²) in [5, 5.41) is 2.93. The Bertz CT molecular complexity index is 1220. The van der Waals surface area contributed by atoms with Crippen LogP contribution < -0.4 is 14.8 Å². The molecule has 0 atom stereocenters. The van der Waals surface area contributed by atoms with Gasteiger partial charge in [-0.3, -0.25) is 9.78 Å². The molecule has 34 heavy (non-hydrogen) atoms. The highest BCUT2D eigenvalue weighted by molar-refractivity contribution is 5.94. The van der Waals surface area contributed by atoms with Crippen LogP contribution in [0.2, 0.25) is 0 Å². The first-order chi connectivity index (χ1) is 16.6. The standard InChI is InChI=1S/C27H27N3O4/c1-3-32-25-15-22(10-11-24(25)33-17-20-5-4-13-28-16-20)26(31)29-14-12-23-18-34-27(30-23)21-8-6-19(2)7-9-21/h4-11,13,15-16,18H,3,12,14,17H2,1-2H3,(H,29,31). The SMILES string of the molecule is CCOc1cc(C(=O)NCCc2coc(-c3ccc(C)cc3)n2)ccc1OCc1cccnc1. The van der Waals surface area contributed by atoms with E-state index in [0.717, 1.165) is 16.8 Å². The Morgan fingerprint density at radius 1 is 1.06 bits per heavy atom. The predicted octanol–water partition coefficient (Wildman–Crippen LogP) is 5.00. The van der Waals surface area contributed by atoms with Crippen LogP contribution in [0.1, 0.15) is 34.1 Å². The Hall–Kier alpha value is -4.13. The molecule has 2 aromatic carbocycles. The molecule has 1 N–H and O–H groups in total. The molecule has 0 radical (unpaired) electrons. The number of pyridine rings is 1. The van der Waals surface area contributed by atoms with Gasteiger partial charge in [0.25, 0.3) is 5.91 Å². The van der Waals surface area contributed by atoms with Crippen molar-refractivity contribution in [2.24, 2.45) is 0 Å². The van der Waals surface area contributed by atoms with Gasteiger partial charge in [0.15, 0.2) is 11.5 Å². The van der Waals surface area contributed by atoms with Crippen molar-refractivity contribution in [3.8, 4) is 23.0 Å². The Morgan fingerprint density at radius 3 is 2.68 bits per heavy atom. The van der Waals surface area contributed by atoms with Gasteiger partial charge in [-0.1, -0.05) is 23.8 Å². The van der Waals surface area contributed by atoms with Gasteiger partial charge in [-0.05, 0) is 50.2 Å². The summed E-state index contributed by atoms with van der Waals surface area (Å²) < 4.78 is 17.2. The molecule has 2 heterocycles. The van der Waals surface area contributed by atoms with E-state index in [0.29, 0.717) is 49.1 Å². The first-order valence-corrected chi connectivity index (χ1v) is 11.2. The number of carbonyl (C=O) groups excluding carboxylic acids is 1. The fourth-order valence-corrected chi connectivity index (χ4v) is 3.34. The maximum absolute atomic E-state index is 12.7. The molecule has 2 aromatic heterocycles. The average molecular weight is 458 g/mol. The molecule has 0 fully saturated rings. The minimum atomic E-state index is -0.193. The van der Waals surface area contributed by atoms with E-state index in [2.05, 4.69) is 15.3 Å². The molecule has 0 spiro atoms. The molecule has 0 bridgehead atoms. The minimum absolute atomic E-state index is 0.193. The topological polar surface area (TPSA) is 86.5 Å². The first kappa shape index (κ1) is 23.0. The van der Waals surface area contributed by atoms with Gasteiger partial charge in [0, 0.05) is 42.0 Å². The summed E-state index contributed by atoms with van der Waals surface area (Å²) in [5.41, 5.74) is 4.34. The monoisotopic (exact) mass is 457 g/mol.